The van der Waals surface area contributed by atoms with Crippen molar-refractivity contribution in [3.63, 3.8) is 0 Å². The van der Waals surface area contributed by atoms with Crippen molar-refractivity contribution in [2.24, 2.45) is 0 Å². The van der Waals surface area contributed by atoms with E-state index in [0.29, 0.717) is 21.3 Å². The van der Waals surface area contributed by atoms with Gasteiger partial charge in [-0.3, -0.25) is 0 Å². The SMILES string of the molecule is Cc1ncc2ccc(-c3cc(N[C@@H](Cc4cccc(Cl)c4Cl)C(=O)O)nc(N)n3)cn12. The number of benzene rings is 1. The molecule has 8 nitrogen and oxygen atoms in total. The Bertz CT molecular complexity index is 1290. The van der Waals surface area contributed by atoms with Crippen LogP contribution in [0.25, 0.3) is 16.8 Å². The van der Waals surface area contributed by atoms with E-state index in [0.717, 1.165) is 16.9 Å². The fourth-order valence-corrected chi connectivity index (χ4v) is 3.66. The van der Waals surface area contributed by atoms with Gasteiger partial charge in [0, 0.05) is 24.2 Å². The number of rotatable bonds is 6. The van der Waals surface area contributed by atoms with Gasteiger partial charge in [-0.15, -0.1) is 0 Å². The normalized spacial score (nSPS) is 12.1. The van der Waals surface area contributed by atoms with Gasteiger partial charge >= 0.3 is 5.97 Å². The molecular formula is C21H18Cl2N6O2. The number of nitrogens with one attached hydrogen (secondary N) is 1. The zero-order chi connectivity index (χ0) is 22.1. The lowest BCUT2D eigenvalue weighted by Crippen LogP contribution is -2.32. The Morgan fingerprint density at radius 3 is 2.84 bits per heavy atom. The van der Waals surface area contributed by atoms with Crippen molar-refractivity contribution in [1.29, 1.82) is 0 Å². The number of carbonyl (C=O) groups is 1. The molecule has 3 heterocycles. The van der Waals surface area contributed by atoms with Crippen LogP contribution in [0.3, 0.4) is 0 Å². The number of aromatic nitrogens is 4. The molecule has 0 aliphatic carbocycles. The number of imidazole rings is 1. The molecule has 31 heavy (non-hydrogen) atoms. The van der Waals surface area contributed by atoms with Gasteiger partial charge in [-0.2, -0.15) is 4.98 Å². The van der Waals surface area contributed by atoms with E-state index < -0.39 is 12.0 Å². The van der Waals surface area contributed by atoms with Crippen LogP contribution >= 0.6 is 23.2 Å². The van der Waals surface area contributed by atoms with Crippen LogP contribution < -0.4 is 11.1 Å². The highest BCUT2D eigenvalue weighted by Gasteiger charge is 2.21. The molecule has 10 heteroatoms. The van der Waals surface area contributed by atoms with Crippen molar-refractivity contribution in [1.82, 2.24) is 19.4 Å². The van der Waals surface area contributed by atoms with Gasteiger partial charge in [0.05, 0.1) is 27.5 Å². The fourth-order valence-electron chi connectivity index (χ4n) is 3.26. The van der Waals surface area contributed by atoms with E-state index in [-0.39, 0.29) is 18.2 Å². The van der Waals surface area contributed by atoms with Crippen LogP contribution in [0.5, 0.6) is 0 Å². The second-order valence-electron chi connectivity index (χ2n) is 6.97. The third-order valence-corrected chi connectivity index (χ3v) is 5.69. The average molecular weight is 457 g/mol. The average Bonchev–Trinajstić information content (AvgIpc) is 3.10. The summed E-state index contributed by atoms with van der Waals surface area (Å²) in [4.78, 5) is 24.6. The number of hydrogen-bond acceptors (Lipinski definition) is 6. The summed E-state index contributed by atoms with van der Waals surface area (Å²) in [5.41, 5.74) is 8.80. The first kappa shape index (κ1) is 20.9. The molecule has 158 valence electrons. The summed E-state index contributed by atoms with van der Waals surface area (Å²) in [6.45, 7) is 1.90. The molecule has 3 aromatic heterocycles. The maximum atomic E-state index is 11.9. The summed E-state index contributed by atoms with van der Waals surface area (Å²) in [6, 6.07) is 9.55. The third-order valence-electron chi connectivity index (χ3n) is 4.83. The number of nitrogen functional groups attached to an aromatic ring is 1. The van der Waals surface area contributed by atoms with Gasteiger partial charge in [-0.05, 0) is 30.7 Å². The number of nitrogens with two attached hydrogens (primary N) is 1. The summed E-state index contributed by atoms with van der Waals surface area (Å²) >= 11 is 12.3. The van der Waals surface area contributed by atoms with Crippen molar-refractivity contribution in [2.45, 2.75) is 19.4 Å². The van der Waals surface area contributed by atoms with E-state index in [1.807, 2.05) is 29.7 Å². The van der Waals surface area contributed by atoms with Crippen molar-refractivity contribution < 1.29 is 9.90 Å². The molecule has 0 spiro atoms. The molecule has 0 fully saturated rings. The second-order valence-corrected chi connectivity index (χ2v) is 7.75. The minimum absolute atomic E-state index is 0.0207. The van der Waals surface area contributed by atoms with Gasteiger partial charge in [0.25, 0.3) is 0 Å². The molecule has 0 bridgehead atoms. The molecular weight excluding hydrogens is 439 g/mol. The van der Waals surface area contributed by atoms with Gasteiger partial charge in [-0.25, -0.2) is 14.8 Å². The molecule has 1 atom stereocenters. The maximum absolute atomic E-state index is 11.9. The number of aliphatic carboxylic acids is 1. The summed E-state index contributed by atoms with van der Waals surface area (Å²) in [6.07, 6.45) is 3.77. The minimum Gasteiger partial charge on any atom is -0.480 e. The molecule has 0 saturated heterocycles. The number of anilines is 2. The lowest BCUT2D eigenvalue weighted by molar-refractivity contribution is -0.137. The Morgan fingerprint density at radius 2 is 2.06 bits per heavy atom. The van der Waals surface area contributed by atoms with E-state index in [4.69, 9.17) is 28.9 Å². The van der Waals surface area contributed by atoms with Crippen LogP contribution in [-0.2, 0) is 11.2 Å². The molecule has 0 saturated carbocycles. The molecule has 0 radical (unpaired) electrons. The highest BCUT2D eigenvalue weighted by molar-refractivity contribution is 6.42. The van der Waals surface area contributed by atoms with E-state index in [1.54, 1.807) is 30.5 Å². The van der Waals surface area contributed by atoms with E-state index in [9.17, 15) is 9.90 Å². The highest BCUT2D eigenvalue weighted by Crippen LogP contribution is 2.27. The Morgan fingerprint density at radius 1 is 1.26 bits per heavy atom. The Kier molecular flexibility index (Phi) is 5.67. The Balaban J connectivity index is 1.65. The fraction of sp³-hybridized carbons (Fsp3) is 0.143. The number of aryl methyl sites for hydroxylation is 1. The van der Waals surface area contributed by atoms with Crippen LogP contribution in [0.15, 0.2) is 48.8 Å². The van der Waals surface area contributed by atoms with E-state index in [2.05, 4.69) is 20.3 Å². The summed E-state index contributed by atoms with van der Waals surface area (Å²) in [5.74, 6) is 0.0784. The van der Waals surface area contributed by atoms with Crippen molar-refractivity contribution >= 4 is 46.5 Å². The standard InChI is InChI=1S/C21H18Cl2N6O2/c1-11-25-9-14-6-5-13(10-29(11)14)16-8-18(28-21(24)27-16)26-17(20(30)31)7-12-3-2-4-15(22)19(12)23/h2-6,8-10,17H,7H2,1H3,(H,30,31)(H3,24,26,27,28)/t17-/m0/s1. The number of pyridine rings is 1. The molecule has 1 aromatic carbocycles. The van der Waals surface area contributed by atoms with Gasteiger partial charge in [0.1, 0.15) is 17.7 Å². The molecule has 0 unspecified atom stereocenters. The quantitative estimate of drug-likeness (QED) is 0.399. The number of carboxylic acids is 1. The first-order valence-electron chi connectivity index (χ1n) is 9.32. The first-order chi connectivity index (χ1) is 14.8. The smallest absolute Gasteiger partial charge is 0.326 e. The largest absolute Gasteiger partial charge is 0.480 e. The van der Waals surface area contributed by atoms with Gasteiger partial charge in [0.15, 0.2) is 0 Å². The predicted molar refractivity (Wildman–Crippen MR) is 121 cm³/mol. The van der Waals surface area contributed by atoms with Crippen molar-refractivity contribution in [2.75, 3.05) is 11.1 Å². The van der Waals surface area contributed by atoms with Crippen LogP contribution in [0.2, 0.25) is 10.0 Å². The summed E-state index contributed by atoms with van der Waals surface area (Å²) in [7, 11) is 0. The monoisotopic (exact) mass is 456 g/mol. The molecule has 0 aliphatic heterocycles. The highest BCUT2D eigenvalue weighted by atomic mass is 35.5. The molecule has 0 aliphatic rings. The number of carboxylic acid groups (broad SMARTS) is 1. The molecule has 4 rings (SSSR count). The van der Waals surface area contributed by atoms with Crippen molar-refractivity contribution in [3.8, 4) is 11.3 Å². The zero-order valence-corrected chi connectivity index (χ0v) is 17.9. The summed E-state index contributed by atoms with van der Waals surface area (Å²) in [5, 5.41) is 13.3. The van der Waals surface area contributed by atoms with Crippen LogP contribution in [0, 0.1) is 6.92 Å². The van der Waals surface area contributed by atoms with Gasteiger partial charge in [-0.1, -0.05) is 35.3 Å². The number of halogens is 2. The minimum atomic E-state index is -1.06. The first-order valence-corrected chi connectivity index (χ1v) is 10.1. The number of fused-ring (bicyclic) bond motifs is 1. The molecule has 4 aromatic rings. The second kappa shape index (κ2) is 8.41. The van der Waals surface area contributed by atoms with E-state index >= 15 is 0 Å². The Labute approximate surface area is 187 Å². The van der Waals surface area contributed by atoms with Crippen molar-refractivity contribution in [3.05, 3.63) is 70.2 Å². The van der Waals surface area contributed by atoms with Gasteiger partial charge < -0.3 is 20.6 Å². The maximum Gasteiger partial charge on any atom is 0.326 e. The number of nitrogens with zero attached hydrogens (tertiary/aromatic N) is 4. The summed E-state index contributed by atoms with van der Waals surface area (Å²) < 4.78 is 1.93. The van der Waals surface area contributed by atoms with Crippen LogP contribution in [0.1, 0.15) is 11.4 Å². The Hall–Kier alpha value is -3.36. The topological polar surface area (TPSA) is 118 Å². The van der Waals surface area contributed by atoms with E-state index in [1.165, 1.54) is 0 Å². The third kappa shape index (κ3) is 4.40. The lowest BCUT2D eigenvalue weighted by Gasteiger charge is -2.17. The predicted octanol–water partition coefficient (Wildman–Crippen LogP) is 4.10. The lowest BCUT2D eigenvalue weighted by atomic mass is 10.1. The number of hydrogen-bond donors (Lipinski definition) is 3. The van der Waals surface area contributed by atoms with Crippen LogP contribution in [-0.4, -0.2) is 36.5 Å². The molecule has 4 N–H and O–H groups in total. The molecule has 0 amide bonds. The van der Waals surface area contributed by atoms with Crippen LogP contribution in [0.4, 0.5) is 11.8 Å². The van der Waals surface area contributed by atoms with Gasteiger partial charge in [0.2, 0.25) is 5.95 Å². The zero-order valence-electron chi connectivity index (χ0n) is 16.4.